The van der Waals surface area contributed by atoms with Crippen molar-refractivity contribution in [1.29, 1.82) is 0 Å². The Morgan fingerprint density at radius 1 is 1.14 bits per heavy atom. The number of hydrogen-bond acceptors (Lipinski definition) is 2. The van der Waals surface area contributed by atoms with Crippen molar-refractivity contribution < 1.29 is 0 Å². The van der Waals surface area contributed by atoms with Crippen molar-refractivity contribution in [3.63, 3.8) is 0 Å². The van der Waals surface area contributed by atoms with Crippen molar-refractivity contribution in [2.24, 2.45) is 17.8 Å². The van der Waals surface area contributed by atoms with Crippen molar-refractivity contribution in [2.75, 3.05) is 19.6 Å². The molecule has 2 fully saturated rings. The minimum absolute atomic E-state index is 0.544. The zero-order chi connectivity index (χ0) is 14.8. The summed E-state index contributed by atoms with van der Waals surface area (Å²) in [6.07, 6.45) is 2.91. The zero-order valence-corrected chi connectivity index (χ0v) is 13.8. The van der Waals surface area contributed by atoms with Crippen molar-refractivity contribution in [2.45, 2.75) is 45.7 Å². The molecule has 2 aliphatic rings. The second-order valence-electron chi connectivity index (χ2n) is 7.45. The summed E-state index contributed by atoms with van der Waals surface area (Å²) < 4.78 is 0. The lowest BCUT2D eigenvalue weighted by Gasteiger charge is -2.43. The van der Waals surface area contributed by atoms with E-state index in [9.17, 15) is 0 Å². The van der Waals surface area contributed by atoms with Gasteiger partial charge in [-0.3, -0.25) is 4.90 Å². The first-order valence-corrected chi connectivity index (χ1v) is 8.67. The van der Waals surface area contributed by atoms with Gasteiger partial charge >= 0.3 is 0 Å². The maximum absolute atomic E-state index is 3.77. The quantitative estimate of drug-likeness (QED) is 0.888. The molecule has 1 aliphatic carbocycles. The molecular weight excluding hydrogens is 256 g/mol. The van der Waals surface area contributed by atoms with Crippen LogP contribution in [0.3, 0.4) is 0 Å². The fourth-order valence-electron chi connectivity index (χ4n) is 3.67. The maximum atomic E-state index is 3.77. The second-order valence-corrected chi connectivity index (χ2v) is 7.45. The molecule has 116 valence electrons. The zero-order valence-electron chi connectivity index (χ0n) is 13.8. The van der Waals surface area contributed by atoms with Crippen molar-refractivity contribution >= 4 is 0 Å². The van der Waals surface area contributed by atoms with Gasteiger partial charge in [-0.2, -0.15) is 0 Å². The van der Waals surface area contributed by atoms with Crippen LogP contribution in [0, 0.1) is 17.8 Å². The summed E-state index contributed by atoms with van der Waals surface area (Å²) >= 11 is 0. The molecule has 1 saturated heterocycles. The van der Waals surface area contributed by atoms with Gasteiger partial charge in [-0.15, -0.1) is 0 Å². The summed E-state index contributed by atoms with van der Waals surface area (Å²) in [6, 6.07) is 12.2. The fourth-order valence-corrected chi connectivity index (χ4v) is 3.67. The van der Waals surface area contributed by atoms with Crippen LogP contribution < -0.4 is 5.32 Å². The number of benzene rings is 1. The standard InChI is InChI=1S/C19H30N2/c1-14(2)18-13-21(12-15(3)16-9-10-16)19(11-20-18)17-7-5-4-6-8-17/h4-8,14-16,18-20H,9-13H2,1-3H3. The Morgan fingerprint density at radius 3 is 2.48 bits per heavy atom. The average Bonchev–Trinajstić information content (AvgIpc) is 3.32. The monoisotopic (exact) mass is 286 g/mol. The van der Waals surface area contributed by atoms with E-state index >= 15 is 0 Å². The molecule has 0 bridgehead atoms. The maximum Gasteiger partial charge on any atom is 0.0473 e. The molecule has 3 unspecified atom stereocenters. The van der Waals surface area contributed by atoms with Gasteiger partial charge in [-0.1, -0.05) is 51.1 Å². The molecular formula is C19H30N2. The van der Waals surface area contributed by atoms with Gasteiger partial charge in [-0.05, 0) is 36.2 Å². The molecule has 1 N–H and O–H groups in total. The molecule has 1 heterocycles. The summed E-state index contributed by atoms with van der Waals surface area (Å²) in [5.41, 5.74) is 1.47. The Kier molecular flexibility index (Phi) is 4.66. The van der Waals surface area contributed by atoms with Crippen LogP contribution >= 0.6 is 0 Å². The predicted molar refractivity (Wildman–Crippen MR) is 89.3 cm³/mol. The van der Waals surface area contributed by atoms with E-state index in [1.807, 2.05) is 0 Å². The van der Waals surface area contributed by atoms with Crippen molar-refractivity contribution in [3.8, 4) is 0 Å². The SMILES string of the molecule is CC(C)C1CN(CC(C)C2CC2)C(c2ccccc2)CN1. The van der Waals surface area contributed by atoms with Crippen LogP contribution in [0.25, 0.3) is 0 Å². The van der Waals surface area contributed by atoms with E-state index in [1.165, 1.54) is 31.5 Å². The van der Waals surface area contributed by atoms with Gasteiger partial charge in [0, 0.05) is 31.7 Å². The molecule has 0 spiro atoms. The topological polar surface area (TPSA) is 15.3 Å². The van der Waals surface area contributed by atoms with Crippen molar-refractivity contribution in [1.82, 2.24) is 10.2 Å². The number of hydrogen-bond donors (Lipinski definition) is 1. The lowest BCUT2D eigenvalue weighted by molar-refractivity contribution is 0.0940. The molecule has 3 atom stereocenters. The van der Waals surface area contributed by atoms with Crippen molar-refractivity contribution in [3.05, 3.63) is 35.9 Å². The van der Waals surface area contributed by atoms with E-state index in [0.29, 0.717) is 18.0 Å². The van der Waals surface area contributed by atoms with Gasteiger partial charge in [0.05, 0.1) is 0 Å². The third kappa shape index (κ3) is 3.67. The van der Waals surface area contributed by atoms with Gasteiger partial charge in [0.15, 0.2) is 0 Å². The summed E-state index contributed by atoms with van der Waals surface area (Å²) in [6.45, 7) is 10.7. The Labute approximate surface area is 129 Å². The van der Waals surface area contributed by atoms with E-state index in [-0.39, 0.29) is 0 Å². The van der Waals surface area contributed by atoms with Crippen LogP contribution in [-0.2, 0) is 0 Å². The number of nitrogens with one attached hydrogen (secondary N) is 1. The highest BCUT2D eigenvalue weighted by atomic mass is 15.2. The number of rotatable bonds is 5. The van der Waals surface area contributed by atoms with Crippen LogP contribution in [0.15, 0.2) is 30.3 Å². The highest BCUT2D eigenvalue weighted by Gasteiger charge is 2.34. The lowest BCUT2D eigenvalue weighted by atomic mass is 9.94. The van der Waals surface area contributed by atoms with Crippen LogP contribution in [0.5, 0.6) is 0 Å². The highest BCUT2D eigenvalue weighted by molar-refractivity contribution is 5.20. The van der Waals surface area contributed by atoms with Crippen LogP contribution in [0.4, 0.5) is 0 Å². The third-order valence-electron chi connectivity index (χ3n) is 5.38. The van der Waals surface area contributed by atoms with Crippen LogP contribution in [-0.4, -0.2) is 30.6 Å². The molecule has 0 aromatic heterocycles. The first-order chi connectivity index (χ1) is 10.1. The Morgan fingerprint density at radius 2 is 1.86 bits per heavy atom. The number of piperazine rings is 1. The second kappa shape index (κ2) is 6.50. The third-order valence-corrected chi connectivity index (χ3v) is 5.38. The van der Waals surface area contributed by atoms with E-state index in [0.717, 1.165) is 18.4 Å². The molecule has 2 heteroatoms. The number of nitrogens with zero attached hydrogens (tertiary/aromatic N) is 1. The predicted octanol–water partition coefficient (Wildman–Crippen LogP) is 3.70. The molecule has 1 saturated carbocycles. The van der Waals surface area contributed by atoms with E-state index in [2.05, 4.69) is 61.3 Å². The van der Waals surface area contributed by atoms with Crippen LogP contribution in [0.2, 0.25) is 0 Å². The summed E-state index contributed by atoms with van der Waals surface area (Å²) in [5.74, 6) is 2.55. The Bertz CT molecular complexity index is 436. The summed E-state index contributed by atoms with van der Waals surface area (Å²) in [4.78, 5) is 2.75. The molecule has 3 rings (SSSR count). The minimum Gasteiger partial charge on any atom is -0.311 e. The molecule has 2 nitrogen and oxygen atoms in total. The minimum atomic E-state index is 0.544. The fraction of sp³-hybridized carbons (Fsp3) is 0.684. The lowest BCUT2D eigenvalue weighted by Crippen LogP contribution is -2.55. The van der Waals surface area contributed by atoms with Gasteiger partial charge in [0.2, 0.25) is 0 Å². The van der Waals surface area contributed by atoms with E-state index in [4.69, 9.17) is 0 Å². The molecule has 0 radical (unpaired) electrons. The largest absolute Gasteiger partial charge is 0.311 e. The van der Waals surface area contributed by atoms with Gasteiger partial charge < -0.3 is 5.32 Å². The smallest absolute Gasteiger partial charge is 0.0473 e. The normalized spacial score (nSPS) is 28.8. The summed E-state index contributed by atoms with van der Waals surface area (Å²) in [5, 5.41) is 3.77. The Balaban J connectivity index is 1.73. The average molecular weight is 286 g/mol. The van der Waals surface area contributed by atoms with E-state index < -0.39 is 0 Å². The molecule has 1 aromatic rings. The van der Waals surface area contributed by atoms with Gasteiger partial charge in [-0.25, -0.2) is 0 Å². The Hall–Kier alpha value is -0.860. The van der Waals surface area contributed by atoms with Gasteiger partial charge in [0.25, 0.3) is 0 Å². The van der Waals surface area contributed by atoms with Crippen LogP contribution in [0.1, 0.15) is 45.2 Å². The molecule has 1 aliphatic heterocycles. The summed E-state index contributed by atoms with van der Waals surface area (Å²) in [7, 11) is 0. The first kappa shape index (κ1) is 15.1. The highest BCUT2D eigenvalue weighted by Crippen LogP contribution is 2.38. The molecule has 21 heavy (non-hydrogen) atoms. The van der Waals surface area contributed by atoms with E-state index in [1.54, 1.807) is 0 Å². The van der Waals surface area contributed by atoms with Gasteiger partial charge in [0.1, 0.15) is 0 Å². The first-order valence-electron chi connectivity index (χ1n) is 8.67. The molecule has 1 aromatic carbocycles. The molecule has 0 amide bonds.